The van der Waals surface area contributed by atoms with Crippen LogP contribution in [0.25, 0.3) is 0 Å². The highest BCUT2D eigenvalue weighted by Gasteiger charge is 2.22. The second kappa shape index (κ2) is 5.11. The lowest BCUT2D eigenvalue weighted by Gasteiger charge is -2.07. The van der Waals surface area contributed by atoms with Gasteiger partial charge in [-0.2, -0.15) is 9.49 Å². The van der Waals surface area contributed by atoms with Gasteiger partial charge in [0.15, 0.2) is 17.4 Å². The molecule has 20 heavy (non-hydrogen) atoms. The Hall–Kier alpha value is -2.71. The lowest BCUT2D eigenvalue weighted by atomic mass is 10.1. The predicted molar refractivity (Wildman–Crippen MR) is 62.2 cm³/mol. The van der Waals surface area contributed by atoms with Gasteiger partial charge in [-0.25, -0.2) is 8.78 Å². The number of rotatable bonds is 3. The maximum atomic E-state index is 13.5. The topological polar surface area (TPSA) is 104 Å². The first-order chi connectivity index (χ1) is 9.41. The molecule has 0 bridgehead atoms. The van der Waals surface area contributed by atoms with Crippen LogP contribution in [0.3, 0.4) is 0 Å². The summed E-state index contributed by atoms with van der Waals surface area (Å²) in [5.41, 5.74) is 5.09. The number of anilines is 1. The van der Waals surface area contributed by atoms with Gasteiger partial charge in [-0.3, -0.25) is 9.89 Å². The van der Waals surface area contributed by atoms with E-state index in [0.29, 0.717) is 11.6 Å². The van der Waals surface area contributed by atoms with Gasteiger partial charge in [0.2, 0.25) is 5.82 Å². The van der Waals surface area contributed by atoms with Gasteiger partial charge >= 0.3 is 0 Å². The number of hydrogen-bond acceptors (Lipinski definition) is 4. The van der Waals surface area contributed by atoms with E-state index in [1.165, 1.54) is 6.20 Å². The van der Waals surface area contributed by atoms with Crippen molar-refractivity contribution in [1.29, 1.82) is 0 Å². The number of nitrogens with zero attached hydrogens (tertiary/aromatic N) is 1. The fourth-order valence-corrected chi connectivity index (χ4v) is 1.49. The van der Waals surface area contributed by atoms with Crippen molar-refractivity contribution in [3.8, 4) is 5.75 Å². The number of benzene rings is 1. The maximum Gasteiger partial charge on any atom is 0.254 e. The van der Waals surface area contributed by atoms with E-state index in [2.05, 4.69) is 15.5 Å². The number of phenolic OH excluding ortho intramolecular Hbond substituents is 1. The van der Waals surface area contributed by atoms with Crippen molar-refractivity contribution in [2.75, 3.05) is 5.73 Å². The van der Waals surface area contributed by atoms with Crippen LogP contribution in [0.4, 0.5) is 19.0 Å². The average Bonchev–Trinajstić information content (AvgIpc) is 2.83. The van der Waals surface area contributed by atoms with E-state index in [9.17, 15) is 18.0 Å². The highest BCUT2D eigenvalue weighted by Crippen LogP contribution is 2.25. The van der Waals surface area contributed by atoms with Gasteiger partial charge in [0.25, 0.3) is 5.91 Å². The first-order valence-corrected chi connectivity index (χ1v) is 5.34. The number of phenols is 1. The molecule has 2 aromatic rings. The number of aromatic amines is 1. The van der Waals surface area contributed by atoms with Gasteiger partial charge < -0.3 is 16.2 Å². The SMILES string of the molecule is Nc1[nH]ncc1CNC(=O)c1cc(F)c(F)c(O)c1F. The number of H-pyrrole nitrogens is 1. The van der Waals surface area contributed by atoms with Crippen LogP contribution in [0.5, 0.6) is 5.75 Å². The number of hydrogen-bond donors (Lipinski definition) is 4. The molecule has 0 atom stereocenters. The van der Waals surface area contributed by atoms with Gasteiger partial charge in [0, 0.05) is 12.1 Å². The molecule has 0 aliphatic carbocycles. The van der Waals surface area contributed by atoms with E-state index < -0.39 is 34.7 Å². The molecule has 0 fully saturated rings. The Morgan fingerprint density at radius 2 is 2.10 bits per heavy atom. The number of aromatic hydroxyl groups is 1. The summed E-state index contributed by atoms with van der Waals surface area (Å²) < 4.78 is 39.4. The molecule has 0 aliphatic rings. The number of amides is 1. The molecule has 0 unspecified atom stereocenters. The van der Waals surface area contributed by atoms with Crippen molar-refractivity contribution in [3.05, 3.63) is 40.8 Å². The zero-order chi connectivity index (χ0) is 14.9. The molecule has 9 heteroatoms. The highest BCUT2D eigenvalue weighted by atomic mass is 19.2. The third kappa shape index (κ3) is 2.37. The van der Waals surface area contributed by atoms with E-state index in [0.717, 1.165) is 0 Å². The summed E-state index contributed by atoms with van der Waals surface area (Å²) in [4.78, 5) is 11.7. The first kappa shape index (κ1) is 13.7. The van der Waals surface area contributed by atoms with Gasteiger partial charge in [-0.15, -0.1) is 0 Å². The summed E-state index contributed by atoms with van der Waals surface area (Å²) in [6.07, 6.45) is 1.34. The minimum atomic E-state index is -1.75. The van der Waals surface area contributed by atoms with Crippen molar-refractivity contribution in [2.24, 2.45) is 0 Å². The van der Waals surface area contributed by atoms with Crippen LogP contribution < -0.4 is 11.1 Å². The number of nitrogens with two attached hydrogens (primary N) is 1. The van der Waals surface area contributed by atoms with Crippen LogP contribution in [-0.4, -0.2) is 21.2 Å². The molecular weight excluding hydrogens is 277 g/mol. The van der Waals surface area contributed by atoms with Crippen LogP contribution in [0.1, 0.15) is 15.9 Å². The minimum absolute atomic E-state index is 0.0969. The van der Waals surface area contributed by atoms with Crippen LogP contribution >= 0.6 is 0 Å². The Labute approximate surface area is 110 Å². The van der Waals surface area contributed by atoms with Crippen LogP contribution in [0.2, 0.25) is 0 Å². The quantitative estimate of drug-likeness (QED) is 0.633. The van der Waals surface area contributed by atoms with Crippen molar-refractivity contribution in [1.82, 2.24) is 15.5 Å². The van der Waals surface area contributed by atoms with E-state index in [4.69, 9.17) is 10.8 Å². The molecule has 0 saturated heterocycles. The average molecular weight is 286 g/mol. The summed E-state index contributed by atoms with van der Waals surface area (Å²) in [7, 11) is 0. The molecule has 6 nitrogen and oxygen atoms in total. The molecule has 0 radical (unpaired) electrons. The van der Waals surface area contributed by atoms with Crippen LogP contribution in [0, 0.1) is 17.5 Å². The number of nitrogens with one attached hydrogen (secondary N) is 2. The monoisotopic (exact) mass is 286 g/mol. The standard InChI is InChI=1S/C11H9F3N4O2/c12-6-1-5(7(13)9(19)8(6)14)11(20)16-2-4-3-17-18-10(4)15/h1,3,19H,2H2,(H,16,20)(H3,15,17,18). The van der Waals surface area contributed by atoms with E-state index in [1.807, 2.05) is 0 Å². The number of carbonyl (C=O) groups excluding carboxylic acids is 1. The molecule has 5 N–H and O–H groups in total. The molecule has 106 valence electrons. The Kier molecular flexibility index (Phi) is 3.51. The van der Waals surface area contributed by atoms with E-state index >= 15 is 0 Å². The number of nitrogen functional groups attached to an aromatic ring is 1. The van der Waals surface area contributed by atoms with Crippen molar-refractivity contribution in [3.63, 3.8) is 0 Å². The van der Waals surface area contributed by atoms with Crippen molar-refractivity contribution in [2.45, 2.75) is 6.54 Å². The molecule has 2 rings (SSSR count). The molecule has 0 spiro atoms. The normalized spacial score (nSPS) is 10.6. The first-order valence-electron chi connectivity index (χ1n) is 5.34. The highest BCUT2D eigenvalue weighted by molar-refractivity contribution is 5.95. The Bertz CT molecular complexity index is 672. The fourth-order valence-electron chi connectivity index (χ4n) is 1.49. The second-order valence-corrected chi connectivity index (χ2v) is 3.87. The van der Waals surface area contributed by atoms with Gasteiger partial charge in [0.05, 0.1) is 11.8 Å². The zero-order valence-electron chi connectivity index (χ0n) is 9.88. The third-order valence-corrected chi connectivity index (χ3v) is 2.57. The van der Waals surface area contributed by atoms with E-state index in [1.54, 1.807) is 0 Å². The summed E-state index contributed by atoms with van der Waals surface area (Å²) in [6.45, 7) is -0.0969. The lowest BCUT2D eigenvalue weighted by Crippen LogP contribution is -2.24. The van der Waals surface area contributed by atoms with Crippen molar-refractivity contribution >= 4 is 11.7 Å². The molecule has 1 aromatic carbocycles. The number of halogens is 3. The molecule has 0 aliphatic heterocycles. The van der Waals surface area contributed by atoms with Gasteiger partial charge in [0.1, 0.15) is 5.82 Å². The summed E-state index contributed by atoms with van der Waals surface area (Å²) >= 11 is 0. The van der Waals surface area contributed by atoms with E-state index in [-0.39, 0.29) is 12.4 Å². The molecule has 0 saturated carbocycles. The largest absolute Gasteiger partial charge is 0.503 e. The smallest absolute Gasteiger partial charge is 0.254 e. The zero-order valence-corrected chi connectivity index (χ0v) is 9.88. The molecule has 1 amide bonds. The Morgan fingerprint density at radius 1 is 1.40 bits per heavy atom. The number of aromatic nitrogens is 2. The van der Waals surface area contributed by atoms with Crippen molar-refractivity contribution < 1.29 is 23.1 Å². The Balaban J connectivity index is 2.20. The summed E-state index contributed by atoms with van der Waals surface area (Å²) in [6, 6.07) is 0.360. The molecule has 1 aromatic heterocycles. The molecule has 1 heterocycles. The maximum absolute atomic E-state index is 13.5. The predicted octanol–water partition coefficient (Wildman–Crippen LogP) is 1.04. The minimum Gasteiger partial charge on any atom is -0.503 e. The third-order valence-electron chi connectivity index (χ3n) is 2.57. The second-order valence-electron chi connectivity index (χ2n) is 3.87. The number of carbonyl (C=O) groups is 1. The molecular formula is C11H9F3N4O2. The van der Waals surface area contributed by atoms with Gasteiger partial charge in [-0.1, -0.05) is 0 Å². The van der Waals surface area contributed by atoms with Gasteiger partial charge in [-0.05, 0) is 6.07 Å². The Morgan fingerprint density at radius 3 is 2.70 bits per heavy atom. The summed E-state index contributed by atoms with van der Waals surface area (Å²) in [5.74, 6) is -7.19. The fraction of sp³-hybridized carbons (Fsp3) is 0.0909. The lowest BCUT2D eigenvalue weighted by molar-refractivity contribution is 0.0945. The summed E-state index contributed by atoms with van der Waals surface area (Å²) in [5, 5.41) is 17.3. The van der Waals surface area contributed by atoms with Crippen LogP contribution in [0.15, 0.2) is 12.3 Å². The van der Waals surface area contributed by atoms with Crippen LogP contribution in [-0.2, 0) is 6.54 Å².